The van der Waals surface area contributed by atoms with E-state index in [-0.39, 0.29) is 5.91 Å². The molecule has 0 saturated carbocycles. The summed E-state index contributed by atoms with van der Waals surface area (Å²) in [6.07, 6.45) is 5.23. The molecule has 2 nitrogen and oxygen atoms in total. The van der Waals surface area contributed by atoms with E-state index in [1.165, 1.54) is 12.8 Å². The first-order chi connectivity index (χ1) is 6.84. The van der Waals surface area contributed by atoms with Gasteiger partial charge in [-0.15, -0.1) is 11.6 Å². The summed E-state index contributed by atoms with van der Waals surface area (Å²) in [6.45, 7) is 1.40. The quantitative estimate of drug-likeness (QED) is 0.482. The first-order valence-corrected chi connectivity index (χ1v) is 5.67. The maximum atomic E-state index is 11.6. The van der Waals surface area contributed by atoms with Crippen LogP contribution in [-0.4, -0.2) is 29.8 Å². The fourth-order valence-corrected chi connectivity index (χ4v) is 1.68. The lowest BCUT2D eigenvalue weighted by Crippen LogP contribution is -2.33. The van der Waals surface area contributed by atoms with Crippen molar-refractivity contribution in [2.75, 3.05) is 19.0 Å². The van der Waals surface area contributed by atoms with Gasteiger partial charge in [0.2, 0.25) is 5.91 Å². The SMILES string of the molecule is O=C1CCCCCCN1CC#CCCl. The molecule has 0 N–H and O–H groups in total. The Hall–Kier alpha value is -0.680. The normalized spacial score (nSPS) is 18.1. The molecule has 0 aliphatic carbocycles. The van der Waals surface area contributed by atoms with E-state index in [0.717, 1.165) is 19.4 Å². The lowest BCUT2D eigenvalue weighted by Gasteiger charge is -2.22. The van der Waals surface area contributed by atoms with Crippen LogP contribution in [0.4, 0.5) is 0 Å². The first-order valence-electron chi connectivity index (χ1n) is 5.14. The Morgan fingerprint density at radius 3 is 2.79 bits per heavy atom. The van der Waals surface area contributed by atoms with Crippen molar-refractivity contribution in [1.29, 1.82) is 0 Å². The van der Waals surface area contributed by atoms with Crippen molar-refractivity contribution in [2.24, 2.45) is 0 Å². The molecule has 1 saturated heterocycles. The molecule has 14 heavy (non-hydrogen) atoms. The molecule has 0 aromatic heterocycles. The summed E-state index contributed by atoms with van der Waals surface area (Å²) < 4.78 is 0. The fraction of sp³-hybridized carbons (Fsp3) is 0.727. The van der Waals surface area contributed by atoms with Gasteiger partial charge in [-0.05, 0) is 12.8 Å². The Labute approximate surface area is 90.6 Å². The van der Waals surface area contributed by atoms with Gasteiger partial charge in [0.25, 0.3) is 0 Å². The summed E-state index contributed by atoms with van der Waals surface area (Å²) in [7, 11) is 0. The first kappa shape index (κ1) is 11.4. The highest BCUT2D eigenvalue weighted by Gasteiger charge is 2.13. The maximum absolute atomic E-state index is 11.6. The number of hydrogen-bond donors (Lipinski definition) is 0. The van der Waals surface area contributed by atoms with Crippen molar-refractivity contribution in [1.82, 2.24) is 4.90 Å². The second-order valence-corrected chi connectivity index (χ2v) is 3.73. The zero-order valence-corrected chi connectivity index (χ0v) is 9.15. The van der Waals surface area contributed by atoms with Crippen molar-refractivity contribution in [3.05, 3.63) is 0 Å². The number of amides is 1. The molecule has 0 aromatic carbocycles. The van der Waals surface area contributed by atoms with Crippen molar-refractivity contribution in [3.63, 3.8) is 0 Å². The van der Waals surface area contributed by atoms with E-state index < -0.39 is 0 Å². The summed E-state index contributed by atoms with van der Waals surface area (Å²) in [4.78, 5) is 13.4. The standard InChI is InChI=1S/C11H16ClNO/c12-8-4-6-10-13-9-5-2-1-3-7-11(13)14/h1-3,5,7-10H2. The highest BCUT2D eigenvalue weighted by atomic mass is 35.5. The van der Waals surface area contributed by atoms with Crippen LogP contribution in [0.15, 0.2) is 0 Å². The minimum absolute atomic E-state index is 0.244. The van der Waals surface area contributed by atoms with Crippen molar-refractivity contribution >= 4 is 17.5 Å². The predicted octanol–water partition coefficient (Wildman–Crippen LogP) is 2.02. The second kappa shape index (κ2) is 6.73. The lowest BCUT2D eigenvalue weighted by molar-refractivity contribution is -0.131. The molecule has 0 aromatic rings. The number of carbonyl (C=O) groups excluding carboxylic acids is 1. The van der Waals surface area contributed by atoms with Crippen molar-refractivity contribution < 1.29 is 4.79 Å². The van der Waals surface area contributed by atoms with Crippen LogP contribution in [0.3, 0.4) is 0 Å². The van der Waals surface area contributed by atoms with Gasteiger partial charge < -0.3 is 4.90 Å². The average molecular weight is 214 g/mol. The molecule has 0 unspecified atom stereocenters. The molecular formula is C11H16ClNO. The van der Waals surface area contributed by atoms with E-state index in [4.69, 9.17) is 11.6 Å². The van der Waals surface area contributed by atoms with Gasteiger partial charge in [-0.2, -0.15) is 0 Å². The summed E-state index contributed by atoms with van der Waals surface area (Å²) in [5, 5.41) is 0. The van der Waals surface area contributed by atoms with Gasteiger partial charge in [0, 0.05) is 13.0 Å². The van der Waals surface area contributed by atoms with Gasteiger partial charge in [-0.3, -0.25) is 4.79 Å². The Morgan fingerprint density at radius 2 is 2.00 bits per heavy atom. The molecule has 3 heteroatoms. The number of hydrogen-bond acceptors (Lipinski definition) is 1. The zero-order chi connectivity index (χ0) is 10.2. The van der Waals surface area contributed by atoms with Crippen LogP contribution in [0.2, 0.25) is 0 Å². The Bertz CT molecular complexity index is 241. The van der Waals surface area contributed by atoms with Crippen LogP contribution in [-0.2, 0) is 4.79 Å². The largest absolute Gasteiger partial charge is 0.332 e. The van der Waals surface area contributed by atoms with Crippen molar-refractivity contribution in [2.45, 2.75) is 32.1 Å². The molecule has 0 atom stereocenters. The summed E-state index contributed by atoms with van der Waals surface area (Å²) in [6, 6.07) is 0. The molecule has 1 aliphatic heterocycles. The summed E-state index contributed by atoms with van der Waals surface area (Å²) in [5.41, 5.74) is 0. The number of halogens is 1. The summed E-state index contributed by atoms with van der Waals surface area (Å²) in [5.74, 6) is 6.27. The number of nitrogens with zero attached hydrogens (tertiary/aromatic N) is 1. The van der Waals surface area contributed by atoms with Crippen molar-refractivity contribution in [3.8, 4) is 11.8 Å². The maximum Gasteiger partial charge on any atom is 0.223 e. The molecule has 1 heterocycles. The van der Waals surface area contributed by atoms with Crippen LogP contribution in [0.1, 0.15) is 32.1 Å². The van der Waals surface area contributed by atoms with Gasteiger partial charge in [-0.1, -0.05) is 24.7 Å². The Balaban J connectivity index is 2.41. The van der Waals surface area contributed by atoms with Gasteiger partial charge in [0.15, 0.2) is 0 Å². The van der Waals surface area contributed by atoms with Gasteiger partial charge in [0.05, 0.1) is 12.4 Å². The minimum Gasteiger partial charge on any atom is -0.332 e. The van der Waals surface area contributed by atoms with Crippen LogP contribution < -0.4 is 0 Å². The van der Waals surface area contributed by atoms with Crippen LogP contribution >= 0.6 is 11.6 Å². The topological polar surface area (TPSA) is 20.3 Å². The van der Waals surface area contributed by atoms with E-state index >= 15 is 0 Å². The van der Waals surface area contributed by atoms with Gasteiger partial charge in [0.1, 0.15) is 0 Å². The lowest BCUT2D eigenvalue weighted by atomic mass is 10.1. The monoisotopic (exact) mass is 213 g/mol. The minimum atomic E-state index is 0.244. The Morgan fingerprint density at radius 1 is 1.21 bits per heavy atom. The fourth-order valence-electron chi connectivity index (χ4n) is 1.58. The number of rotatable bonds is 1. The van der Waals surface area contributed by atoms with E-state index in [0.29, 0.717) is 18.8 Å². The van der Waals surface area contributed by atoms with Gasteiger partial charge >= 0.3 is 0 Å². The van der Waals surface area contributed by atoms with E-state index in [1.54, 1.807) is 0 Å². The average Bonchev–Trinajstić information content (AvgIpc) is 2.17. The van der Waals surface area contributed by atoms with Gasteiger partial charge in [-0.25, -0.2) is 0 Å². The molecule has 1 aliphatic rings. The summed E-state index contributed by atoms with van der Waals surface area (Å²) >= 11 is 5.44. The third kappa shape index (κ3) is 4.02. The molecule has 1 fully saturated rings. The molecular weight excluding hydrogens is 198 g/mol. The third-order valence-corrected chi connectivity index (χ3v) is 2.52. The Kier molecular flexibility index (Phi) is 5.47. The number of likely N-dealkylation sites (tertiary alicyclic amines) is 1. The molecule has 78 valence electrons. The molecule has 1 amide bonds. The molecule has 0 spiro atoms. The number of carbonyl (C=O) groups is 1. The smallest absolute Gasteiger partial charge is 0.223 e. The third-order valence-electron chi connectivity index (χ3n) is 2.38. The molecule has 0 bridgehead atoms. The molecule has 1 rings (SSSR count). The highest BCUT2D eigenvalue weighted by Crippen LogP contribution is 2.10. The van der Waals surface area contributed by atoms with Crippen LogP contribution in [0.5, 0.6) is 0 Å². The van der Waals surface area contributed by atoms with E-state index in [9.17, 15) is 4.79 Å². The van der Waals surface area contributed by atoms with E-state index in [2.05, 4.69) is 11.8 Å². The second-order valence-electron chi connectivity index (χ2n) is 3.47. The zero-order valence-electron chi connectivity index (χ0n) is 8.39. The highest BCUT2D eigenvalue weighted by molar-refractivity contribution is 6.19. The molecule has 0 radical (unpaired) electrons. The van der Waals surface area contributed by atoms with Crippen LogP contribution in [0, 0.1) is 11.8 Å². The number of alkyl halides is 1. The predicted molar refractivity (Wildman–Crippen MR) is 58.2 cm³/mol. The van der Waals surface area contributed by atoms with E-state index in [1.807, 2.05) is 4.90 Å². The van der Waals surface area contributed by atoms with Crippen LogP contribution in [0.25, 0.3) is 0 Å².